The molecule has 6 heteroatoms. The zero-order valence-corrected chi connectivity index (χ0v) is 18.1. The van der Waals surface area contributed by atoms with Crippen molar-refractivity contribution < 1.29 is 14.3 Å². The summed E-state index contributed by atoms with van der Waals surface area (Å²) >= 11 is 1.38. The van der Waals surface area contributed by atoms with Crippen LogP contribution in [0.1, 0.15) is 54.9 Å². The SMILES string of the molecule is CCOC(=O)c1c(-c2ccc(C)cc2)csc1NC(=O)CCN1CCCCCC1. The largest absolute Gasteiger partial charge is 0.462 e. The van der Waals surface area contributed by atoms with Crippen LogP contribution in [0.25, 0.3) is 11.1 Å². The van der Waals surface area contributed by atoms with Crippen LogP contribution in [0.2, 0.25) is 0 Å². The van der Waals surface area contributed by atoms with Gasteiger partial charge in [-0.2, -0.15) is 0 Å². The summed E-state index contributed by atoms with van der Waals surface area (Å²) in [4.78, 5) is 27.6. The molecular formula is C23H30N2O3S. The first-order valence-electron chi connectivity index (χ1n) is 10.5. The highest BCUT2D eigenvalue weighted by Gasteiger charge is 2.23. The number of ether oxygens (including phenoxy) is 1. The average molecular weight is 415 g/mol. The van der Waals surface area contributed by atoms with Crippen LogP contribution in [-0.2, 0) is 9.53 Å². The van der Waals surface area contributed by atoms with Crippen LogP contribution >= 0.6 is 11.3 Å². The van der Waals surface area contributed by atoms with Gasteiger partial charge in [-0.1, -0.05) is 42.7 Å². The first-order chi connectivity index (χ1) is 14.1. The summed E-state index contributed by atoms with van der Waals surface area (Å²) in [6.45, 7) is 7.01. The fraction of sp³-hybridized carbons (Fsp3) is 0.478. The van der Waals surface area contributed by atoms with Crippen molar-refractivity contribution in [1.29, 1.82) is 0 Å². The average Bonchev–Trinajstić information content (AvgIpc) is 2.94. The third kappa shape index (κ3) is 5.90. The van der Waals surface area contributed by atoms with E-state index < -0.39 is 5.97 Å². The van der Waals surface area contributed by atoms with E-state index >= 15 is 0 Å². The predicted octanol–water partition coefficient (Wildman–Crippen LogP) is 5.10. The first-order valence-corrected chi connectivity index (χ1v) is 11.3. The summed E-state index contributed by atoms with van der Waals surface area (Å²) in [6, 6.07) is 8.01. The maximum absolute atomic E-state index is 12.6. The van der Waals surface area contributed by atoms with Crippen LogP contribution in [0.3, 0.4) is 0 Å². The maximum Gasteiger partial charge on any atom is 0.341 e. The molecule has 1 aliphatic heterocycles. The number of likely N-dealkylation sites (tertiary alicyclic amines) is 1. The molecule has 5 nitrogen and oxygen atoms in total. The Hall–Kier alpha value is -2.18. The van der Waals surface area contributed by atoms with Crippen LogP contribution < -0.4 is 5.32 Å². The van der Waals surface area contributed by atoms with Gasteiger partial charge in [0.1, 0.15) is 10.6 Å². The van der Waals surface area contributed by atoms with Gasteiger partial charge in [0.25, 0.3) is 0 Å². The second-order valence-electron chi connectivity index (χ2n) is 7.49. The second kappa shape index (κ2) is 10.6. The summed E-state index contributed by atoms with van der Waals surface area (Å²) in [5.74, 6) is -0.454. The zero-order chi connectivity index (χ0) is 20.6. The summed E-state index contributed by atoms with van der Waals surface area (Å²) in [5.41, 5.74) is 3.35. The molecule has 0 spiro atoms. The van der Waals surface area contributed by atoms with Crippen LogP contribution in [0, 0.1) is 6.92 Å². The molecule has 1 fully saturated rings. The summed E-state index contributed by atoms with van der Waals surface area (Å²) in [6.07, 6.45) is 5.41. The lowest BCUT2D eigenvalue weighted by Crippen LogP contribution is -2.28. The Morgan fingerprint density at radius 3 is 2.45 bits per heavy atom. The molecule has 0 bridgehead atoms. The van der Waals surface area contributed by atoms with E-state index in [1.807, 2.05) is 36.6 Å². The number of nitrogens with zero attached hydrogens (tertiary/aromatic N) is 1. The minimum absolute atomic E-state index is 0.0582. The van der Waals surface area contributed by atoms with Crippen molar-refractivity contribution in [3.8, 4) is 11.1 Å². The van der Waals surface area contributed by atoms with Crippen molar-refractivity contribution in [2.45, 2.75) is 46.0 Å². The quantitative estimate of drug-likeness (QED) is 0.640. The van der Waals surface area contributed by atoms with Crippen molar-refractivity contribution in [3.05, 3.63) is 40.8 Å². The molecule has 156 valence electrons. The van der Waals surface area contributed by atoms with Gasteiger partial charge in [0.05, 0.1) is 6.61 Å². The molecule has 1 amide bonds. The summed E-state index contributed by atoms with van der Waals surface area (Å²) < 4.78 is 5.27. The number of hydrogen-bond acceptors (Lipinski definition) is 5. The molecule has 0 atom stereocenters. The number of nitrogens with one attached hydrogen (secondary N) is 1. The lowest BCUT2D eigenvalue weighted by molar-refractivity contribution is -0.116. The number of benzene rings is 1. The Bertz CT molecular complexity index is 821. The van der Waals surface area contributed by atoms with Gasteiger partial charge in [0.2, 0.25) is 5.91 Å². The molecule has 2 aromatic rings. The van der Waals surface area contributed by atoms with E-state index in [0.717, 1.165) is 36.3 Å². The molecule has 0 radical (unpaired) electrons. The number of thiophene rings is 1. The van der Waals surface area contributed by atoms with Crippen LogP contribution in [0.4, 0.5) is 5.00 Å². The van der Waals surface area contributed by atoms with Crippen molar-refractivity contribution >= 4 is 28.2 Å². The van der Waals surface area contributed by atoms with Crippen molar-refractivity contribution in [2.24, 2.45) is 0 Å². The van der Waals surface area contributed by atoms with Gasteiger partial charge < -0.3 is 15.0 Å². The molecule has 1 saturated heterocycles. The smallest absolute Gasteiger partial charge is 0.341 e. The van der Waals surface area contributed by atoms with E-state index in [4.69, 9.17) is 4.74 Å². The number of carbonyl (C=O) groups excluding carboxylic acids is 2. The third-order valence-electron chi connectivity index (χ3n) is 5.24. The Labute approximate surface area is 177 Å². The van der Waals surface area contributed by atoms with Crippen LogP contribution in [0.15, 0.2) is 29.6 Å². The van der Waals surface area contributed by atoms with Gasteiger partial charge >= 0.3 is 5.97 Å². The minimum Gasteiger partial charge on any atom is -0.462 e. The number of amides is 1. The molecule has 0 aliphatic carbocycles. The number of hydrogen-bond donors (Lipinski definition) is 1. The lowest BCUT2D eigenvalue weighted by Gasteiger charge is -2.19. The first kappa shape index (κ1) is 21.5. The van der Waals surface area contributed by atoms with Crippen molar-refractivity contribution in [2.75, 3.05) is 31.6 Å². The standard InChI is InChI=1S/C23H30N2O3S/c1-3-28-23(27)21-19(18-10-8-17(2)9-11-18)16-29-22(21)24-20(26)12-15-25-13-6-4-5-7-14-25/h8-11,16H,3-7,12-15H2,1-2H3,(H,24,26). The van der Waals surface area contributed by atoms with E-state index in [9.17, 15) is 9.59 Å². The minimum atomic E-state index is -0.396. The Morgan fingerprint density at radius 1 is 1.10 bits per heavy atom. The molecular weight excluding hydrogens is 384 g/mol. The fourth-order valence-electron chi connectivity index (χ4n) is 3.61. The lowest BCUT2D eigenvalue weighted by atomic mass is 10.0. The predicted molar refractivity (Wildman–Crippen MR) is 119 cm³/mol. The van der Waals surface area contributed by atoms with Gasteiger partial charge in [0.15, 0.2) is 0 Å². The van der Waals surface area contributed by atoms with Gasteiger partial charge in [-0.05, 0) is 45.3 Å². The Morgan fingerprint density at radius 2 is 1.79 bits per heavy atom. The number of aryl methyl sites for hydroxylation is 1. The van der Waals surface area contributed by atoms with E-state index in [2.05, 4.69) is 10.2 Å². The van der Waals surface area contributed by atoms with Gasteiger partial charge in [0, 0.05) is 23.9 Å². The number of rotatable bonds is 7. The molecule has 1 aromatic heterocycles. The van der Waals surface area contributed by atoms with Gasteiger partial charge in [-0.25, -0.2) is 4.79 Å². The molecule has 29 heavy (non-hydrogen) atoms. The Balaban J connectivity index is 1.73. The van der Waals surface area contributed by atoms with E-state index in [1.54, 1.807) is 6.92 Å². The van der Waals surface area contributed by atoms with Crippen molar-refractivity contribution in [1.82, 2.24) is 4.90 Å². The molecule has 1 N–H and O–H groups in total. The Kier molecular flexibility index (Phi) is 7.83. The molecule has 0 saturated carbocycles. The monoisotopic (exact) mass is 414 g/mol. The van der Waals surface area contributed by atoms with E-state index in [-0.39, 0.29) is 5.91 Å². The third-order valence-corrected chi connectivity index (χ3v) is 6.14. The number of carbonyl (C=O) groups is 2. The second-order valence-corrected chi connectivity index (χ2v) is 8.37. The normalized spacial score (nSPS) is 15.0. The number of esters is 1. The van der Waals surface area contributed by atoms with E-state index in [0.29, 0.717) is 23.6 Å². The van der Waals surface area contributed by atoms with Gasteiger partial charge in [-0.3, -0.25) is 4.79 Å². The molecule has 0 unspecified atom stereocenters. The fourth-order valence-corrected chi connectivity index (χ4v) is 4.58. The maximum atomic E-state index is 12.6. The highest BCUT2D eigenvalue weighted by Crippen LogP contribution is 2.36. The van der Waals surface area contributed by atoms with Crippen molar-refractivity contribution in [3.63, 3.8) is 0 Å². The highest BCUT2D eigenvalue weighted by molar-refractivity contribution is 7.15. The topological polar surface area (TPSA) is 58.6 Å². The highest BCUT2D eigenvalue weighted by atomic mass is 32.1. The summed E-state index contributed by atoms with van der Waals surface area (Å²) in [7, 11) is 0. The van der Waals surface area contributed by atoms with Crippen LogP contribution in [0.5, 0.6) is 0 Å². The van der Waals surface area contributed by atoms with E-state index in [1.165, 1.54) is 37.0 Å². The van der Waals surface area contributed by atoms with Gasteiger partial charge in [-0.15, -0.1) is 11.3 Å². The zero-order valence-electron chi connectivity index (χ0n) is 17.3. The molecule has 2 heterocycles. The summed E-state index contributed by atoms with van der Waals surface area (Å²) in [5, 5.41) is 5.45. The molecule has 1 aromatic carbocycles. The molecule has 3 rings (SSSR count). The number of anilines is 1. The molecule has 1 aliphatic rings. The van der Waals surface area contributed by atoms with Crippen LogP contribution in [-0.4, -0.2) is 43.0 Å².